The van der Waals surface area contributed by atoms with Crippen LogP contribution >= 0.6 is 0 Å². The minimum atomic E-state index is -0.214. The Morgan fingerprint density at radius 2 is 2.00 bits per heavy atom. The standard InChI is InChI=1S/C17H16N4O2/c22-12-8-13(23)21-16-10-5-4-9(7-10)14(16)15(20-17(21)19-12)11-3-1-2-6-18-11/h1-6,8-10,14-16,23H,7H2,(H,19,20,22). The molecule has 1 aromatic rings. The maximum Gasteiger partial charge on any atom is 0.231 e. The molecular formula is C17H16N4O2. The van der Waals surface area contributed by atoms with Gasteiger partial charge in [0.25, 0.3) is 0 Å². The fraction of sp³-hybridized carbons (Fsp3) is 0.353. The van der Waals surface area contributed by atoms with Crippen molar-refractivity contribution < 1.29 is 10.2 Å². The van der Waals surface area contributed by atoms with Crippen LogP contribution in [0, 0.1) is 17.8 Å². The molecule has 2 aliphatic heterocycles. The quantitative estimate of drug-likeness (QED) is 0.780. The molecule has 5 rings (SSSR count). The van der Waals surface area contributed by atoms with Crippen LogP contribution in [0.2, 0.25) is 0 Å². The number of hydrogen-bond donors (Lipinski definition) is 2. The maximum atomic E-state index is 10.3. The number of aliphatic hydroxyl groups excluding tert-OH is 2. The Kier molecular flexibility index (Phi) is 2.48. The number of aliphatic imine (C=N–C) groups is 2. The third-order valence-corrected chi connectivity index (χ3v) is 5.32. The molecule has 5 unspecified atom stereocenters. The van der Waals surface area contributed by atoms with Gasteiger partial charge in [-0.15, -0.1) is 0 Å². The van der Waals surface area contributed by atoms with E-state index in [9.17, 15) is 10.2 Å². The summed E-state index contributed by atoms with van der Waals surface area (Å²) >= 11 is 0. The molecule has 3 heterocycles. The van der Waals surface area contributed by atoms with Crippen LogP contribution in [-0.2, 0) is 0 Å². The van der Waals surface area contributed by atoms with Gasteiger partial charge in [-0.05, 0) is 30.4 Å². The fourth-order valence-corrected chi connectivity index (χ4v) is 4.50. The lowest BCUT2D eigenvalue weighted by Gasteiger charge is -2.44. The molecule has 0 amide bonds. The predicted octanol–water partition coefficient (Wildman–Crippen LogP) is 2.35. The van der Waals surface area contributed by atoms with Crippen LogP contribution in [-0.4, -0.2) is 38.0 Å². The molecule has 116 valence electrons. The minimum absolute atomic E-state index is 0.0201. The van der Waals surface area contributed by atoms with Gasteiger partial charge in [0.2, 0.25) is 11.9 Å². The zero-order valence-electron chi connectivity index (χ0n) is 12.3. The smallest absolute Gasteiger partial charge is 0.231 e. The number of allylic oxidation sites excluding steroid dienone is 1. The Morgan fingerprint density at radius 1 is 1.13 bits per heavy atom. The van der Waals surface area contributed by atoms with Gasteiger partial charge in [-0.1, -0.05) is 18.2 Å². The first-order valence-corrected chi connectivity index (χ1v) is 7.87. The second-order valence-electron chi connectivity index (χ2n) is 6.49. The van der Waals surface area contributed by atoms with E-state index in [2.05, 4.69) is 22.1 Å². The van der Waals surface area contributed by atoms with E-state index in [-0.39, 0.29) is 29.8 Å². The van der Waals surface area contributed by atoms with Gasteiger partial charge in [0.1, 0.15) is 6.04 Å². The van der Waals surface area contributed by atoms with E-state index in [1.54, 1.807) is 11.1 Å². The van der Waals surface area contributed by atoms with Crippen molar-refractivity contribution in [1.29, 1.82) is 0 Å². The second-order valence-corrected chi connectivity index (χ2v) is 6.49. The highest BCUT2D eigenvalue weighted by Crippen LogP contribution is 2.54. The molecule has 6 heteroatoms. The summed E-state index contributed by atoms with van der Waals surface area (Å²) in [6, 6.07) is 5.85. The average Bonchev–Trinajstić information content (AvgIpc) is 3.16. The van der Waals surface area contributed by atoms with Crippen molar-refractivity contribution in [2.75, 3.05) is 0 Å². The Balaban J connectivity index is 1.68. The van der Waals surface area contributed by atoms with Gasteiger partial charge in [0.15, 0.2) is 5.88 Å². The van der Waals surface area contributed by atoms with Crippen LogP contribution in [0.3, 0.4) is 0 Å². The Morgan fingerprint density at radius 3 is 2.83 bits per heavy atom. The number of nitrogens with zero attached hydrogens (tertiary/aromatic N) is 4. The Hall–Kier alpha value is -2.63. The van der Waals surface area contributed by atoms with Crippen LogP contribution in [0.4, 0.5) is 0 Å². The summed E-state index contributed by atoms with van der Waals surface area (Å²) in [5.74, 6) is 1.25. The highest BCUT2D eigenvalue weighted by atomic mass is 16.3. The Labute approximate surface area is 133 Å². The topological polar surface area (TPSA) is 81.3 Å². The molecule has 0 aromatic carbocycles. The minimum Gasteiger partial charge on any atom is -0.494 e. The molecule has 0 radical (unpaired) electrons. The molecule has 23 heavy (non-hydrogen) atoms. The van der Waals surface area contributed by atoms with E-state index >= 15 is 0 Å². The summed E-state index contributed by atoms with van der Waals surface area (Å²) in [5.41, 5.74) is 0.916. The van der Waals surface area contributed by atoms with Gasteiger partial charge >= 0.3 is 0 Å². The summed E-state index contributed by atoms with van der Waals surface area (Å²) in [6.45, 7) is 0. The number of hydrogen-bond acceptors (Lipinski definition) is 5. The van der Waals surface area contributed by atoms with E-state index in [0.717, 1.165) is 12.1 Å². The largest absolute Gasteiger partial charge is 0.494 e. The first-order chi connectivity index (χ1) is 11.2. The van der Waals surface area contributed by atoms with Crippen LogP contribution in [0.1, 0.15) is 18.2 Å². The van der Waals surface area contributed by atoms with Gasteiger partial charge in [-0.25, -0.2) is 4.99 Å². The third-order valence-electron chi connectivity index (χ3n) is 5.32. The van der Waals surface area contributed by atoms with Crippen molar-refractivity contribution in [3.05, 3.63) is 54.2 Å². The summed E-state index contributed by atoms with van der Waals surface area (Å²) in [6.07, 6.45) is 8.64. The van der Waals surface area contributed by atoms with Crippen molar-refractivity contribution in [1.82, 2.24) is 9.88 Å². The van der Waals surface area contributed by atoms with Crippen molar-refractivity contribution in [3.63, 3.8) is 0 Å². The average molecular weight is 308 g/mol. The lowest BCUT2D eigenvalue weighted by molar-refractivity contribution is 0.136. The summed E-state index contributed by atoms with van der Waals surface area (Å²) < 4.78 is 0. The van der Waals surface area contributed by atoms with Crippen LogP contribution < -0.4 is 0 Å². The van der Waals surface area contributed by atoms with Crippen LogP contribution in [0.15, 0.2) is 58.5 Å². The van der Waals surface area contributed by atoms with Gasteiger partial charge < -0.3 is 10.2 Å². The molecular weight excluding hydrogens is 292 g/mol. The van der Waals surface area contributed by atoms with Crippen molar-refractivity contribution in [3.8, 4) is 0 Å². The van der Waals surface area contributed by atoms with Gasteiger partial charge in [0, 0.05) is 12.1 Å². The molecule has 6 nitrogen and oxygen atoms in total. The normalized spacial score (nSPS) is 37.0. The predicted molar refractivity (Wildman–Crippen MR) is 85.0 cm³/mol. The second kappa shape index (κ2) is 4.44. The van der Waals surface area contributed by atoms with E-state index < -0.39 is 0 Å². The van der Waals surface area contributed by atoms with E-state index in [4.69, 9.17) is 4.99 Å². The lowest BCUT2D eigenvalue weighted by atomic mass is 9.79. The van der Waals surface area contributed by atoms with E-state index in [0.29, 0.717) is 17.8 Å². The SMILES string of the molecule is OC1=CC(O)=NC2=NC(c3ccccn3)C3C4C=CC(C4)C3N12. The molecule has 1 fully saturated rings. The first kappa shape index (κ1) is 12.9. The van der Waals surface area contributed by atoms with Crippen LogP contribution in [0.25, 0.3) is 0 Å². The number of pyridine rings is 1. The number of guanidine groups is 1. The zero-order chi connectivity index (χ0) is 15.6. The van der Waals surface area contributed by atoms with Crippen LogP contribution in [0.5, 0.6) is 0 Å². The molecule has 2 aliphatic carbocycles. The first-order valence-electron chi connectivity index (χ1n) is 7.87. The molecule has 0 saturated heterocycles. The monoisotopic (exact) mass is 308 g/mol. The lowest BCUT2D eigenvalue weighted by Crippen LogP contribution is -2.52. The van der Waals surface area contributed by atoms with Gasteiger partial charge in [-0.2, -0.15) is 4.99 Å². The molecule has 0 spiro atoms. The number of fused-ring (bicyclic) bond motifs is 7. The molecule has 1 saturated carbocycles. The van der Waals surface area contributed by atoms with Gasteiger partial charge in [-0.3, -0.25) is 9.88 Å². The van der Waals surface area contributed by atoms with E-state index in [1.807, 2.05) is 18.2 Å². The Bertz CT molecular complexity index is 783. The summed E-state index contributed by atoms with van der Waals surface area (Å²) in [5, 5.41) is 20.1. The van der Waals surface area contributed by atoms with E-state index in [1.165, 1.54) is 6.08 Å². The zero-order valence-corrected chi connectivity index (χ0v) is 12.3. The maximum absolute atomic E-state index is 10.3. The van der Waals surface area contributed by atoms with Gasteiger partial charge in [0.05, 0.1) is 17.8 Å². The highest BCUT2D eigenvalue weighted by molar-refractivity contribution is 6.01. The molecule has 1 aromatic heterocycles. The fourth-order valence-electron chi connectivity index (χ4n) is 4.50. The number of aliphatic hydroxyl groups is 2. The molecule has 2 N–H and O–H groups in total. The third kappa shape index (κ3) is 1.72. The van der Waals surface area contributed by atoms with Crippen molar-refractivity contribution in [2.24, 2.45) is 27.7 Å². The highest BCUT2D eigenvalue weighted by Gasteiger charge is 2.55. The number of aromatic nitrogens is 1. The molecule has 5 atom stereocenters. The summed E-state index contributed by atoms with van der Waals surface area (Å²) in [4.78, 5) is 15.1. The number of rotatable bonds is 1. The molecule has 4 aliphatic rings. The summed E-state index contributed by atoms with van der Waals surface area (Å²) in [7, 11) is 0. The van der Waals surface area contributed by atoms with Crippen molar-refractivity contribution >= 4 is 11.9 Å². The molecule has 2 bridgehead atoms. The van der Waals surface area contributed by atoms with Crippen molar-refractivity contribution in [2.45, 2.75) is 18.5 Å².